The van der Waals surface area contributed by atoms with E-state index in [2.05, 4.69) is 15.5 Å². The van der Waals surface area contributed by atoms with Crippen LogP contribution in [0.15, 0.2) is 77.7 Å². The van der Waals surface area contributed by atoms with Gasteiger partial charge in [-0.05, 0) is 49.7 Å². The Labute approximate surface area is 214 Å². The Morgan fingerprint density at radius 2 is 1.95 bits per heavy atom. The molecule has 190 valence electrons. The summed E-state index contributed by atoms with van der Waals surface area (Å²) in [6.07, 6.45) is 7.07. The molecule has 0 bridgehead atoms. The first-order valence-electron chi connectivity index (χ1n) is 12.4. The van der Waals surface area contributed by atoms with Gasteiger partial charge < -0.3 is 25.3 Å². The molecule has 1 saturated heterocycles. The molecule has 0 radical (unpaired) electrons. The summed E-state index contributed by atoms with van der Waals surface area (Å²) in [5.74, 6) is 1.69. The highest BCUT2D eigenvalue weighted by molar-refractivity contribution is 6.02. The number of ether oxygens (including phenoxy) is 1. The average molecular weight is 499 g/mol. The highest BCUT2D eigenvalue weighted by Gasteiger charge is 2.27. The molecule has 37 heavy (non-hydrogen) atoms. The Kier molecular flexibility index (Phi) is 7.04. The quantitative estimate of drug-likeness (QED) is 0.334. The summed E-state index contributed by atoms with van der Waals surface area (Å²) >= 11 is 0. The molecule has 3 heterocycles. The van der Waals surface area contributed by atoms with Crippen LogP contribution in [0.2, 0.25) is 0 Å². The first kappa shape index (κ1) is 24.3. The fourth-order valence-corrected chi connectivity index (χ4v) is 4.83. The van der Waals surface area contributed by atoms with Gasteiger partial charge in [0.25, 0.3) is 5.56 Å². The van der Waals surface area contributed by atoms with E-state index in [4.69, 9.17) is 10.5 Å². The van der Waals surface area contributed by atoms with Crippen LogP contribution in [-0.4, -0.2) is 52.3 Å². The standard InChI is InChI=1S/C28H30N6O3/c1-30-15-5-10-24(35)33-16-6-7-20(17-33)34-18-23(25-26(34)28(36)32-31-27(25)29)19-11-13-22(14-12-19)37-21-8-3-2-4-9-21/h2-5,8-14,18,20,30H,6-7,15-17H2,1H3,(H2,29,31)(H,32,36)/t20-/m1/s1. The van der Waals surface area contributed by atoms with Crippen molar-refractivity contribution in [3.8, 4) is 22.6 Å². The third-order valence-electron chi connectivity index (χ3n) is 6.61. The highest BCUT2D eigenvalue weighted by Crippen LogP contribution is 2.36. The van der Waals surface area contributed by atoms with Crippen molar-refractivity contribution in [3.63, 3.8) is 0 Å². The first-order valence-corrected chi connectivity index (χ1v) is 12.4. The number of para-hydroxylation sites is 1. The summed E-state index contributed by atoms with van der Waals surface area (Å²) in [6, 6.07) is 17.2. The van der Waals surface area contributed by atoms with E-state index in [1.807, 2.05) is 83.4 Å². The third-order valence-corrected chi connectivity index (χ3v) is 6.61. The SMILES string of the molecule is CNCC=CC(=O)N1CCC[C@@H](n2cc(-c3ccc(Oc4ccccc4)cc3)c3c(N)n[nH]c(=O)c32)C1. The number of amides is 1. The number of carbonyl (C=O) groups excluding carboxylic acids is 1. The number of fused-ring (bicyclic) bond motifs is 1. The number of nitrogens with zero attached hydrogens (tertiary/aromatic N) is 3. The molecule has 1 aliphatic heterocycles. The van der Waals surface area contributed by atoms with Crippen LogP contribution in [0.5, 0.6) is 11.5 Å². The van der Waals surface area contributed by atoms with Crippen molar-refractivity contribution >= 4 is 22.6 Å². The van der Waals surface area contributed by atoms with Crippen molar-refractivity contribution in [1.29, 1.82) is 0 Å². The number of aromatic nitrogens is 3. The Balaban J connectivity index is 1.48. The van der Waals surface area contributed by atoms with Crippen molar-refractivity contribution in [1.82, 2.24) is 25.0 Å². The summed E-state index contributed by atoms with van der Waals surface area (Å²) in [4.78, 5) is 27.5. The summed E-state index contributed by atoms with van der Waals surface area (Å²) < 4.78 is 7.89. The molecule has 5 rings (SSSR count). The average Bonchev–Trinajstić information content (AvgIpc) is 3.34. The molecule has 0 saturated carbocycles. The van der Waals surface area contributed by atoms with Gasteiger partial charge in [0.05, 0.1) is 11.4 Å². The summed E-state index contributed by atoms with van der Waals surface area (Å²) in [5, 5.41) is 10.2. The normalized spacial score (nSPS) is 15.9. The van der Waals surface area contributed by atoms with E-state index < -0.39 is 0 Å². The second kappa shape index (κ2) is 10.7. The molecular formula is C28H30N6O3. The highest BCUT2D eigenvalue weighted by atomic mass is 16.5. The zero-order valence-electron chi connectivity index (χ0n) is 20.7. The number of H-pyrrole nitrogens is 1. The Bertz CT molecular complexity index is 1470. The van der Waals surface area contributed by atoms with Crippen molar-refractivity contribution in [3.05, 3.63) is 83.3 Å². The van der Waals surface area contributed by atoms with Crippen molar-refractivity contribution in [2.45, 2.75) is 18.9 Å². The van der Waals surface area contributed by atoms with Crippen LogP contribution in [0.1, 0.15) is 18.9 Å². The monoisotopic (exact) mass is 498 g/mol. The fraction of sp³-hybridized carbons (Fsp3) is 0.250. The molecule has 1 fully saturated rings. The predicted molar refractivity (Wildman–Crippen MR) is 145 cm³/mol. The van der Waals surface area contributed by atoms with Crippen LogP contribution in [0, 0.1) is 0 Å². The fourth-order valence-electron chi connectivity index (χ4n) is 4.83. The van der Waals surface area contributed by atoms with Crippen LogP contribution >= 0.6 is 0 Å². The van der Waals surface area contributed by atoms with Gasteiger partial charge in [-0.3, -0.25) is 9.59 Å². The molecular weight excluding hydrogens is 468 g/mol. The molecule has 0 aliphatic carbocycles. The number of hydrogen-bond acceptors (Lipinski definition) is 6. The molecule has 1 atom stereocenters. The summed E-state index contributed by atoms with van der Waals surface area (Å²) in [5.41, 5.74) is 8.15. The number of piperidine rings is 1. The smallest absolute Gasteiger partial charge is 0.288 e. The van der Waals surface area contributed by atoms with Gasteiger partial charge in [0.2, 0.25) is 5.91 Å². The molecule has 0 spiro atoms. The van der Waals surface area contributed by atoms with Gasteiger partial charge in [-0.15, -0.1) is 0 Å². The number of anilines is 1. The Hall–Kier alpha value is -4.37. The molecule has 4 aromatic rings. The molecule has 9 nitrogen and oxygen atoms in total. The van der Waals surface area contributed by atoms with Crippen molar-refractivity contribution in [2.75, 3.05) is 32.4 Å². The molecule has 1 aliphatic rings. The van der Waals surface area contributed by atoms with E-state index in [0.717, 1.165) is 29.7 Å². The largest absolute Gasteiger partial charge is 0.457 e. The lowest BCUT2D eigenvalue weighted by Crippen LogP contribution is -2.40. The van der Waals surface area contributed by atoms with Gasteiger partial charge in [0, 0.05) is 37.5 Å². The van der Waals surface area contributed by atoms with Crippen LogP contribution in [0.25, 0.3) is 22.0 Å². The predicted octanol–water partition coefficient (Wildman–Crippen LogP) is 3.71. The van der Waals surface area contributed by atoms with Gasteiger partial charge in [0.15, 0.2) is 5.82 Å². The number of likely N-dealkylation sites (tertiary alicyclic amines) is 1. The minimum Gasteiger partial charge on any atom is -0.457 e. The number of likely N-dealkylation sites (N-methyl/N-ethyl adjacent to an activating group) is 1. The number of nitrogens with two attached hydrogens (primary N) is 1. The number of nitrogens with one attached hydrogen (secondary N) is 2. The lowest BCUT2D eigenvalue weighted by atomic mass is 10.1. The number of rotatable bonds is 7. The number of hydrogen-bond donors (Lipinski definition) is 3. The molecule has 9 heteroatoms. The van der Waals surface area contributed by atoms with E-state index in [0.29, 0.717) is 36.3 Å². The molecule has 4 N–H and O–H groups in total. The third kappa shape index (κ3) is 5.12. The van der Waals surface area contributed by atoms with E-state index >= 15 is 0 Å². The van der Waals surface area contributed by atoms with Gasteiger partial charge in [-0.1, -0.05) is 36.4 Å². The van der Waals surface area contributed by atoms with Crippen LogP contribution in [0.4, 0.5) is 5.82 Å². The van der Waals surface area contributed by atoms with Crippen molar-refractivity contribution < 1.29 is 9.53 Å². The van der Waals surface area contributed by atoms with Crippen LogP contribution in [0.3, 0.4) is 0 Å². The maximum absolute atomic E-state index is 13.0. The minimum absolute atomic E-state index is 0.0271. The Morgan fingerprint density at radius 1 is 1.19 bits per heavy atom. The first-order chi connectivity index (χ1) is 18.0. The summed E-state index contributed by atoms with van der Waals surface area (Å²) in [7, 11) is 1.84. The van der Waals surface area contributed by atoms with Crippen molar-refractivity contribution in [2.24, 2.45) is 0 Å². The maximum atomic E-state index is 13.0. The van der Waals surface area contributed by atoms with E-state index in [-0.39, 0.29) is 23.3 Å². The zero-order chi connectivity index (χ0) is 25.8. The molecule has 1 amide bonds. The zero-order valence-corrected chi connectivity index (χ0v) is 20.7. The van der Waals surface area contributed by atoms with E-state index in [1.54, 1.807) is 6.08 Å². The number of aromatic amines is 1. The van der Waals surface area contributed by atoms with Gasteiger partial charge in [0.1, 0.15) is 17.0 Å². The topological polar surface area (TPSA) is 118 Å². The molecule has 2 aromatic carbocycles. The molecule has 2 aromatic heterocycles. The van der Waals surface area contributed by atoms with Crippen LogP contribution in [-0.2, 0) is 4.79 Å². The number of benzene rings is 2. The second-order valence-corrected chi connectivity index (χ2v) is 9.09. The van der Waals surface area contributed by atoms with Gasteiger partial charge >= 0.3 is 0 Å². The van der Waals surface area contributed by atoms with Gasteiger partial charge in [-0.25, -0.2) is 5.10 Å². The number of nitrogen functional groups attached to an aromatic ring is 1. The lowest BCUT2D eigenvalue weighted by Gasteiger charge is -2.33. The van der Waals surface area contributed by atoms with E-state index in [1.165, 1.54) is 0 Å². The maximum Gasteiger partial charge on any atom is 0.288 e. The summed E-state index contributed by atoms with van der Waals surface area (Å²) in [6.45, 7) is 1.83. The Morgan fingerprint density at radius 3 is 2.70 bits per heavy atom. The number of carbonyl (C=O) groups is 1. The lowest BCUT2D eigenvalue weighted by molar-refractivity contribution is -0.127. The van der Waals surface area contributed by atoms with Gasteiger partial charge in [-0.2, -0.15) is 5.10 Å². The van der Waals surface area contributed by atoms with Crippen LogP contribution < -0.4 is 21.3 Å². The van der Waals surface area contributed by atoms with E-state index in [9.17, 15) is 9.59 Å². The minimum atomic E-state index is -0.308. The second-order valence-electron chi connectivity index (χ2n) is 9.09. The molecule has 0 unspecified atom stereocenters.